The van der Waals surface area contributed by atoms with Gasteiger partial charge in [0.15, 0.2) is 0 Å². The Kier molecular flexibility index (Phi) is 5.36. The van der Waals surface area contributed by atoms with Crippen molar-refractivity contribution in [1.82, 2.24) is 9.80 Å². The molecule has 1 heterocycles. The van der Waals surface area contributed by atoms with E-state index in [1.54, 1.807) is 0 Å². The SMILES string of the molecule is O=C(c1ccc(Br)cc1)N1CCN(C(=O)C2CCCCC2)CC1. The highest BCUT2D eigenvalue weighted by molar-refractivity contribution is 9.10. The first-order valence-electron chi connectivity index (χ1n) is 8.49. The maximum absolute atomic E-state index is 12.6. The third-order valence-electron chi connectivity index (χ3n) is 4.92. The molecule has 0 N–H and O–H groups in total. The van der Waals surface area contributed by atoms with Gasteiger partial charge in [-0.3, -0.25) is 9.59 Å². The second-order valence-corrected chi connectivity index (χ2v) is 7.37. The van der Waals surface area contributed by atoms with E-state index in [2.05, 4.69) is 15.9 Å². The van der Waals surface area contributed by atoms with Gasteiger partial charge in [0.05, 0.1) is 0 Å². The van der Waals surface area contributed by atoms with Gasteiger partial charge in [0.2, 0.25) is 5.91 Å². The number of halogens is 1. The van der Waals surface area contributed by atoms with E-state index in [4.69, 9.17) is 0 Å². The van der Waals surface area contributed by atoms with E-state index >= 15 is 0 Å². The Balaban J connectivity index is 1.54. The van der Waals surface area contributed by atoms with Crippen molar-refractivity contribution in [3.63, 3.8) is 0 Å². The number of carbonyl (C=O) groups excluding carboxylic acids is 2. The summed E-state index contributed by atoms with van der Waals surface area (Å²) in [5, 5.41) is 0. The average molecular weight is 379 g/mol. The molecule has 23 heavy (non-hydrogen) atoms. The maximum Gasteiger partial charge on any atom is 0.253 e. The van der Waals surface area contributed by atoms with Gasteiger partial charge in [-0.05, 0) is 37.1 Å². The molecule has 0 spiro atoms. The van der Waals surface area contributed by atoms with Crippen LogP contribution in [0.4, 0.5) is 0 Å². The van der Waals surface area contributed by atoms with E-state index in [0.29, 0.717) is 37.6 Å². The highest BCUT2D eigenvalue weighted by Gasteiger charge is 2.29. The largest absolute Gasteiger partial charge is 0.339 e. The summed E-state index contributed by atoms with van der Waals surface area (Å²) in [5.41, 5.74) is 0.709. The molecule has 2 fully saturated rings. The van der Waals surface area contributed by atoms with Crippen LogP contribution < -0.4 is 0 Å². The minimum atomic E-state index is 0.0577. The zero-order valence-electron chi connectivity index (χ0n) is 13.3. The third-order valence-corrected chi connectivity index (χ3v) is 5.45. The molecule has 1 aliphatic carbocycles. The molecule has 2 amide bonds. The first-order valence-corrected chi connectivity index (χ1v) is 9.28. The number of rotatable bonds is 2. The van der Waals surface area contributed by atoms with E-state index in [1.165, 1.54) is 19.3 Å². The Morgan fingerprint density at radius 1 is 0.870 bits per heavy atom. The Labute approximate surface area is 146 Å². The number of hydrogen-bond donors (Lipinski definition) is 0. The summed E-state index contributed by atoms with van der Waals surface area (Å²) in [6.45, 7) is 2.59. The lowest BCUT2D eigenvalue weighted by Gasteiger charge is -2.37. The Morgan fingerprint density at radius 3 is 2.04 bits per heavy atom. The molecular formula is C18H23BrN2O2. The van der Waals surface area contributed by atoms with E-state index in [9.17, 15) is 9.59 Å². The lowest BCUT2D eigenvalue weighted by Crippen LogP contribution is -2.52. The molecule has 5 heteroatoms. The fourth-order valence-corrected chi connectivity index (χ4v) is 3.78. The monoisotopic (exact) mass is 378 g/mol. The van der Waals surface area contributed by atoms with Crippen LogP contribution in [0.1, 0.15) is 42.5 Å². The fourth-order valence-electron chi connectivity index (χ4n) is 3.51. The molecule has 124 valence electrons. The van der Waals surface area contributed by atoms with Crippen molar-refractivity contribution in [3.8, 4) is 0 Å². The van der Waals surface area contributed by atoms with Gasteiger partial charge in [-0.1, -0.05) is 35.2 Å². The summed E-state index contributed by atoms with van der Waals surface area (Å²) in [4.78, 5) is 28.9. The van der Waals surface area contributed by atoms with E-state index < -0.39 is 0 Å². The molecule has 0 atom stereocenters. The molecular weight excluding hydrogens is 356 g/mol. The summed E-state index contributed by atoms with van der Waals surface area (Å²) < 4.78 is 0.969. The molecule has 1 aromatic carbocycles. The predicted octanol–water partition coefficient (Wildman–Crippen LogP) is 3.31. The molecule has 3 rings (SSSR count). The molecule has 1 aromatic rings. The van der Waals surface area contributed by atoms with Crippen LogP contribution in [0.15, 0.2) is 28.7 Å². The molecule has 0 unspecified atom stereocenters. The zero-order chi connectivity index (χ0) is 16.2. The van der Waals surface area contributed by atoms with Crippen LogP contribution in [0.3, 0.4) is 0 Å². The number of benzene rings is 1. The minimum absolute atomic E-state index is 0.0577. The number of piperazine rings is 1. The van der Waals surface area contributed by atoms with Gasteiger partial charge < -0.3 is 9.80 Å². The van der Waals surface area contributed by atoms with Crippen molar-refractivity contribution >= 4 is 27.7 Å². The first-order chi connectivity index (χ1) is 11.1. The standard InChI is InChI=1S/C18H23BrN2O2/c19-16-8-6-15(7-9-16)18(23)21-12-10-20(11-13-21)17(22)14-4-2-1-3-5-14/h6-9,14H,1-5,10-13H2. The molecule has 0 radical (unpaired) electrons. The highest BCUT2D eigenvalue weighted by Crippen LogP contribution is 2.26. The number of amides is 2. The lowest BCUT2D eigenvalue weighted by molar-refractivity contribution is -0.138. The molecule has 4 nitrogen and oxygen atoms in total. The smallest absolute Gasteiger partial charge is 0.253 e. The van der Waals surface area contributed by atoms with Crippen molar-refractivity contribution in [3.05, 3.63) is 34.3 Å². The quantitative estimate of drug-likeness (QED) is 0.791. The first kappa shape index (κ1) is 16.5. The van der Waals surface area contributed by atoms with Gasteiger partial charge in [0.25, 0.3) is 5.91 Å². The summed E-state index contributed by atoms with van der Waals surface area (Å²) in [7, 11) is 0. The van der Waals surface area contributed by atoms with Crippen LogP contribution in [0.5, 0.6) is 0 Å². The van der Waals surface area contributed by atoms with Crippen molar-refractivity contribution in [2.24, 2.45) is 5.92 Å². The molecule has 1 saturated carbocycles. The molecule has 1 saturated heterocycles. The second-order valence-electron chi connectivity index (χ2n) is 6.46. The van der Waals surface area contributed by atoms with Crippen LogP contribution in [-0.2, 0) is 4.79 Å². The van der Waals surface area contributed by atoms with Gasteiger partial charge in [-0.2, -0.15) is 0 Å². The van der Waals surface area contributed by atoms with Crippen molar-refractivity contribution < 1.29 is 9.59 Å². The number of carbonyl (C=O) groups is 2. The topological polar surface area (TPSA) is 40.6 Å². The van der Waals surface area contributed by atoms with Gasteiger partial charge in [-0.15, -0.1) is 0 Å². The van der Waals surface area contributed by atoms with Gasteiger partial charge in [0.1, 0.15) is 0 Å². The summed E-state index contributed by atoms with van der Waals surface area (Å²) in [5.74, 6) is 0.584. The number of nitrogens with zero attached hydrogens (tertiary/aromatic N) is 2. The van der Waals surface area contributed by atoms with Gasteiger partial charge >= 0.3 is 0 Å². The Morgan fingerprint density at radius 2 is 1.43 bits per heavy atom. The molecule has 0 bridgehead atoms. The average Bonchev–Trinajstić information content (AvgIpc) is 2.62. The van der Waals surface area contributed by atoms with Crippen LogP contribution in [0.2, 0.25) is 0 Å². The van der Waals surface area contributed by atoms with Crippen LogP contribution >= 0.6 is 15.9 Å². The van der Waals surface area contributed by atoms with Gasteiger partial charge in [-0.25, -0.2) is 0 Å². The van der Waals surface area contributed by atoms with E-state index in [0.717, 1.165) is 17.3 Å². The van der Waals surface area contributed by atoms with E-state index in [-0.39, 0.29) is 11.8 Å². The third kappa shape index (κ3) is 3.94. The Bertz CT molecular complexity index is 559. The summed E-state index contributed by atoms with van der Waals surface area (Å²) in [6, 6.07) is 7.45. The van der Waals surface area contributed by atoms with Crippen LogP contribution in [-0.4, -0.2) is 47.8 Å². The fraction of sp³-hybridized carbons (Fsp3) is 0.556. The van der Waals surface area contributed by atoms with Crippen molar-refractivity contribution in [2.45, 2.75) is 32.1 Å². The molecule has 0 aromatic heterocycles. The molecule has 1 aliphatic heterocycles. The van der Waals surface area contributed by atoms with Crippen molar-refractivity contribution in [1.29, 1.82) is 0 Å². The summed E-state index contributed by atoms with van der Waals surface area (Å²) in [6.07, 6.45) is 5.70. The highest BCUT2D eigenvalue weighted by atomic mass is 79.9. The predicted molar refractivity (Wildman–Crippen MR) is 93.2 cm³/mol. The minimum Gasteiger partial charge on any atom is -0.339 e. The lowest BCUT2D eigenvalue weighted by atomic mass is 9.88. The second kappa shape index (κ2) is 7.47. The number of hydrogen-bond acceptors (Lipinski definition) is 2. The van der Waals surface area contributed by atoms with Crippen molar-refractivity contribution in [2.75, 3.05) is 26.2 Å². The zero-order valence-corrected chi connectivity index (χ0v) is 14.9. The van der Waals surface area contributed by atoms with E-state index in [1.807, 2.05) is 34.1 Å². The maximum atomic E-state index is 12.6. The molecule has 2 aliphatic rings. The van der Waals surface area contributed by atoms with Gasteiger partial charge in [0, 0.05) is 42.1 Å². The Hall–Kier alpha value is -1.36. The summed E-state index contributed by atoms with van der Waals surface area (Å²) >= 11 is 3.38. The van der Waals surface area contributed by atoms with Crippen LogP contribution in [0.25, 0.3) is 0 Å². The normalized spacial score (nSPS) is 19.7. The van der Waals surface area contributed by atoms with Crippen LogP contribution in [0, 0.1) is 5.92 Å².